The van der Waals surface area contributed by atoms with Gasteiger partial charge in [-0.3, -0.25) is 24.5 Å². The number of carbonyl (C=O) groups is 4. The average molecular weight is 481 g/mol. The molecule has 4 amide bonds. The Morgan fingerprint density at radius 3 is 2.89 bits per heavy atom. The van der Waals surface area contributed by atoms with Gasteiger partial charge in [-0.25, -0.2) is 4.98 Å². The lowest BCUT2D eigenvalue weighted by Gasteiger charge is -2.35. The number of ether oxygens (including phenoxy) is 1. The van der Waals surface area contributed by atoms with Crippen LogP contribution in [-0.4, -0.2) is 63.6 Å². The van der Waals surface area contributed by atoms with Gasteiger partial charge >= 0.3 is 0 Å². The summed E-state index contributed by atoms with van der Waals surface area (Å²) >= 11 is 0. The van der Waals surface area contributed by atoms with E-state index in [9.17, 15) is 19.2 Å². The van der Waals surface area contributed by atoms with E-state index in [1.165, 1.54) is 11.3 Å². The van der Waals surface area contributed by atoms with Gasteiger partial charge in [0.2, 0.25) is 17.6 Å². The predicted octanol–water partition coefficient (Wildman–Crippen LogP) is 2.07. The summed E-state index contributed by atoms with van der Waals surface area (Å²) in [4.78, 5) is 57.2. The predicted molar refractivity (Wildman–Crippen MR) is 123 cm³/mol. The Morgan fingerprint density at radius 1 is 1.23 bits per heavy atom. The molecule has 10 heteroatoms. The summed E-state index contributed by atoms with van der Waals surface area (Å²) in [5, 5.41) is 2.31. The minimum atomic E-state index is -0.650. The number of fused-ring (bicyclic) bond motifs is 1. The number of amides is 4. The van der Waals surface area contributed by atoms with Gasteiger partial charge in [-0.05, 0) is 55.9 Å². The molecule has 2 aromatic rings. The number of likely N-dealkylation sites (tertiary alicyclic amines) is 1. The van der Waals surface area contributed by atoms with Crippen LogP contribution in [0.1, 0.15) is 71.2 Å². The van der Waals surface area contributed by atoms with E-state index in [1.54, 1.807) is 12.1 Å². The minimum absolute atomic E-state index is 0.0964. The first-order valence-corrected chi connectivity index (χ1v) is 12.1. The van der Waals surface area contributed by atoms with Crippen LogP contribution in [0.5, 0.6) is 5.75 Å². The van der Waals surface area contributed by atoms with Crippen molar-refractivity contribution in [2.45, 2.75) is 64.1 Å². The molecule has 1 N–H and O–H groups in total. The number of nitrogens with zero attached hydrogens (tertiary/aromatic N) is 3. The normalized spacial score (nSPS) is 22.3. The van der Waals surface area contributed by atoms with Crippen LogP contribution in [0, 0.1) is 0 Å². The fourth-order valence-corrected chi connectivity index (χ4v) is 5.10. The topological polar surface area (TPSA) is 122 Å². The molecule has 1 aromatic carbocycles. The Bertz CT molecular complexity index is 1170. The van der Waals surface area contributed by atoms with Gasteiger partial charge in [0, 0.05) is 25.1 Å². The van der Waals surface area contributed by atoms with Crippen molar-refractivity contribution in [3.63, 3.8) is 0 Å². The van der Waals surface area contributed by atoms with Gasteiger partial charge in [0.15, 0.2) is 6.39 Å². The molecule has 1 aromatic heterocycles. The molecule has 4 heterocycles. The number of rotatable bonds is 6. The Kier molecular flexibility index (Phi) is 6.27. The van der Waals surface area contributed by atoms with Crippen LogP contribution < -0.4 is 10.1 Å². The summed E-state index contributed by atoms with van der Waals surface area (Å²) in [6.45, 7) is 3.18. The van der Waals surface area contributed by atoms with Crippen LogP contribution in [0.3, 0.4) is 0 Å². The molecule has 0 bridgehead atoms. The van der Waals surface area contributed by atoms with Gasteiger partial charge in [-0.15, -0.1) is 0 Å². The number of imide groups is 1. The highest BCUT2D eigenvalue weighted by molar-refractivity contribution is 6.05. The smallest absolute Gasteiger partial charge is 0.291 e. The molecule has 184 valence electrons. The number of benzene rings is 1. The number of nitrogens with one attached hydrogen (secondary N) is 1. The van der Waals surface area contributed by atoms with E-state index in [2.05, 4.69) is 10.3 Å². The second-order valence-corrected chi connectivity index (χ2v) is 9.16. The van der Waals surface area contributed by atoms with Gasteiger partial charge in [0.05, 0.1) is 11.7 Å². The zero-order valence-electron chi connectivity index (χ0n) is 19.6. The Morgan fingerprint density at radius 2 is 2.09 bits per heavy atom. The molecule has 5 rings (SSSR count). The van der Waals surface area contributed by atoms with Crippen molar-refractivity contribution in [2.75, 3.05) is 13.2 Å². The van der Waals surface area contributed by atoms with Crippen LogP contribution in [0.2, 0.25) is 0 Å². The lowest BCUT2D eigenvalue weighted by Crippen LogP contribution is -2.52. The fourth-order valence-electron chi connectivity index (χ4n) is 5.10. The van der Waals surface area contributed by atoms with Crippen LogP contribution in [0.15, 0.2) is 29.0 Å². The summed E-state index contributed by atoms with van der Waals surface area (Å²) in [6.07, 6.45) is 5.23. The average Bonchev–Trinajstić information content (AvgIpc) is 3.47. The van der Waals surface area contributed by atoms with E-state index in [0.29, 0.717) is 48.8 Å². The van der Waals surface area contributed by atoms with Crippen molar-refractivity contribution in [3.05, 3.63) is 47.2 Å². The van der Waals surface area contributed by atoms with Gasteiger partial charge in [-0.2, -0.15) is 0 Å². The lowest BCUT2D eigenvalue weighted by molar-refractivity contribution is -0.136. The lowest BCUT2D eigenvalue weighted by atomic mass is 10.0. The molecular weight excluding hydrogens is 452 g/mol. The Labute approximate surface area is 202 Å². The Hall–Kier alpha value is -3.69. The van der Waals surface area contributed by atoms with E-state index >= 15 is 0 Å². The maximum Gasteiger partial charge on any atom is 0.291 e. The maximum atomic E-state index is 13.1. The number of oxazole rings is 1. The van der Waals surface area contributed by atoms with E-state index in [-0.39, 0.29) is 36.7 Å². The van der Waals surface area contributed by atoms with Crippen molar-refractivity contribution in [2.24, 2.45) is 0 Å². The molecular formula is C25H28N4O6. The van der Waals surface area contributed by atoms with Gasteiger partial charge in [0.25, 0.3) is 11.8 Å². The molecule has 35 heavy (non-hydrogen) atoms. The first kappa shape index (κ1) is 23.1. The van der Waals surface area contributed by atoms with Crippen molar-refractivity contribution in [1.29, 1.82) is 0 Å². The second-order valence-electron chi connectivity index (χ2n) is 9.16. The number of aryl methyl sites for hydroxylation is 1. The zero-order chi connectivity index (χ0) is 24.5. The molecule has 3 aliphatic rings. The van der Waals surface area contributed by atoms with Crippen molar-refractivity contribution >= 4 is 23.6 Å². The fraction of sp³-hybridized carbons (Fsp3) is 0.480. The number of hydrogen-bond donors (Lipinski definition) is 1. The molecule has 10 nitrogen and oxygen atoms in total. The quantitative estimate of drug-likeness (QED) is 0.628. The van der Waals surface area contributed by atoms with E-state index in [4.69, 9.17) is 9.15 Å². The maximum absolute atomic E-state index is 13.1. The first-order valence-electron chi connectivity index (χ1n) is 12.1. The third kappa shape index (κ3) is 4.40. The summed E-state index contributed by atoms with van der Waals surface area (Å²) < 4.78 is 11.5. The summed E-state index contributed by atoms with van der Waals surface area (Å²) in [7, 11) is 0. The van der Waals surface area contributed by atoms with Crippen LogP contribution in [0.4, 0.5) is 0 Å². The number of carbonyl (C=O) groups excluding carboxylic acids is 4. The highest BCUT2D eigenvalue weighted by Crippen LogP contribution is 2.31. The third-order valence-corrected chi connectivity index (χ3v) is 7.00. The van der Waals surface area contributed by atoms with E-state index in [1.807, 2.05) is 17.9 Å². The molecule has 3 aliphatic heterocycles. The van der Waals surface area contributed by atoms with E-state index < -0.39 is 11.9 Å². The standard InChI is InChI=1S/C25H28N4O6/c1-2-19-22(35-14-26-19)25(33)28-10-4-3-5-16(28)13-34-17-6-7-18-15(11-17)12-29(24(18)32)20-8-9-21(30)27-23(20)31/h6-7,11,14,16,20H,2-5,8-10,12-13H2,1H3,(H,27,30,31)/t16-,20?/m0/s1. The molecule has 0 radical (unpaired) electrons. The highest BCUT2D eigenvalue weighted by Gasteiger charge is 2.39. The summed E-state index contributed by atoms with van der Waals surface area (Å²) in [5.74, 6) is -0.219. The number of aromatic nitrogens is 1. The monoisotopic (exact) mass is 480 g/mol. The first-order chi connectivity index (χ1) is 17.0. The summed E-state index contributed by atoms with van der Waals surface area (Å²) in [5.41, 5.74) is 1.97. The van der Waals surface area contributed by atoms with Gasteiger partial charge in [0.1, 0.15) is 18.4 Å². The van der Waals surface area contributed by atoms with Crippen molar-refractivity contribution in [1.82, 2.24) is 20.1 Å². The molecule has 2 saturated heterocycles. The minimum Gasteiger partial charge on any atom is -0.491 e. The molecule has 0 saturated carbocycles. The van der Waals surface area contributed by atoms with Crippen LogP contribution >= 0.6 is 0 Å². The molecule has 2 atom stereocenters. The number of hydrogen-bond acceptors (Lipinski definition) is 7. The van der Waals surface area contributed by atoms with Gasteiger partial charge < -0.3 is 19.0 Å². The molecule has 1 unspecified atom stereocenters. The van der Waals surface area contributed by atoms with Crippen molar-refractivity contribution in [3.8, 4) is 5.75 Å². The van der Waals surface area contributed by atoms with Crippen LogP contribution in [0.25, 0.3) is 0 Å². The third-order valence-electron chi connectivity index (χ3n) is 7.00. The van der Waals surface area contributed by atoms with Crippen molar-refractivity contribution < 1.29 is 28.3 Å². The second kappa shape index (κ2) is 9.52. The Balaban J connectivity index is 1.26. The van der Waals surface area contributed by atoms with Gasteiger partial charge in [-0.1, -0.05) is 6.92 Å². The number of piperidine rings is 2. The SMILES string of the molecule is CCc1ncoc1C(=O)N1CCCC[C@H]1COc1ccc2c(c1)CN(C1CCC(=O)NC1=O)C2=O. The van der Waals surface area contributed by atoms with Crippen LogP contribution in [-0.2, 0) is 22.6 Å². The molecule has 2 fully saturated rings. The molecule has 0 spiro atoms. The highest BCUT2D eigenvalue weighted by atomic mass is 16.5. The largest absolute Gasteiger partial charge is 0.491 e. The van der Waals surface area contributed by atoms with E-state index in [0.717, 1.165) is 24.8 Å². The zero-order valence-corrected chi connectivity index (χ0v) is 19.6. The molecule has 0 aliphatic carbocycles. The summed E-state index contributed by atoms with van der Waals surface area (Å²) in [6, 6.07) is 4.53.